The van der Waals surface area contributed by atoms with Crippen LogP contribution in [-0.2, 0) is 9.47 Å². The zero-order chi connectivity index (χ0) is 19.6. The molecule has 1 aliphatic carbocycles. The number of rotatable bonds is 4. The molecule has 1 rings (SSSR count). The minimum Gasteiger partial charge on any atom is -0.444 e. The second-order valence-corrected chi connectivity index (χ2v) is 15.0. The van der Waals surface area contributed by atoms with Crippen molar-refractivity contribution in [2.24, 2.45) is 11.8 Å². The molecule has 0 radical (unpaired) electrons. The summed E-state index contributed by atoms with van der Waals surface area (Å²) in [6, 6.07) is 0.459. The Morgan fingerprint density at radius 3 is 2.28 bits per heavy atom. The fourth-order valence-corrected chi connectivity index (χ4v) is 5.14. The average Bonchev–Trinajstić information content (AvgIpc) is 2.46. The van der Waals surface area contributed by atoms with Crippen molar-refractivity contribution in [2.75, 3.05) is 7.11 Å². The molecule has 5 nitrogen and oxygen atoms in total. The number of carbonyl (C=O) groups excluding carboxylic acids is 1. The second-order valence-electron chi connectivity index (χ2n) is 9.51. The van der Waals surface area contributed by atoms with Gasteiger partial charge in [0.2, 0.25) is 0 Å². The van der Waals surface area contributed by atoms with E-state index in [-0.39, 0.29) is 17.9 Å². The van der Waals surface area contributed by atoms with Crippen molar-refractivity contribution >= 4 is 14.2 Å². The molecule has 0 aromatic heterocycles. The lowest BCUT2D eigenvalue weighted by atomic mass is 9.88. The zero-order valence-electron chi connectivity index (χ0n) is 17.3. The lowest BCUT2D eigenvalue weighted by Gasteiger charge is -2.34. The lowest BCUT2D eigenvalue weighted by molar-refractivity contribution is -0.00207. The first kappa shape index (κ1) is 22.2. The summed E-state index contributed by atoms with van der Waals surface area (Å²) in [5, 5.41) is 13.9. The molecule has 1 aliphatic rings. The van der Waals surface area contributed by atoms with Gasteiger partial charge >= 0.3 is 6.09 Å². The molecule has 0 saturated heterocycles. The van der Waals surface area contributed by atoms with Crippen LogP contribution >= 0.6 is 0 Å². The van der Waals surface area contributed by atoms with Gasteiger partial charge in [-0.1, -0.05) is 39.6 Å². The van der Waals surface area contributed by atoms with E-state index in [0.29, 0.717) is 0 Å². The van der Waals surface area contributed by atoms with E-state index >= 15 is 0 Å². The summed E-state index contributed by atoms with van der Waals surface area (Å²) >= 11 is 0. The van der Waals surface area contributed by atoms with Crippen LogP contribution in [0.2, 0.25) is 25.7 Å². The Hall–Kier alpha value is -0.853. The van der Waals surface area contributed by atoms with Crippen molar-refractivity contribution in [3.05, 3.63) is 11.6 Å². The molecule has 0 heterocycles. The van der Waals surface area contributed by atoms with Crippen LogP contribution < -0.4 is 5.32 Å². The predicted octanol–water partition coefficient (Wildman–Crippen LogP) is 3.81. The van der Waals surface area contributed by atoms with Crippen LogP contribution in [0, 0.1) is 11.8 Å². The fraction of sp³-hybridized carbons (Fsp3) is 0.842. The van der Waals surface area contributed by atoms with Gasteiger partial charge in [-0.25, -0.2) is 4.79 Å². The van der Waals surface area contributed by atoms with E-state index in [0.717, 1.165) is 11.6 Å². The van der Waals surface area contributed by atoms with E-state index < -0.39 is 31.9 Å². The van der Waals surface area contributed by atoms with Gasteiger partial charge in [-0.3, -0.25) is 0 Å². The molecule has 2 unspecified atom stereocenters. The minimum atomic E-state index is -1.41. The van der Waals surface area contributed by atoms with E-state index in [4.69, 9.17) is 9.47 Å². The van der Waals surface area contributed by atoms with Crippen LogP contribution in [0.4, 0.5) is 4.79 Å². The van der Waals surface area contributed by atoms with Gasteiger partial charge in [-0.15, -0.1) is 0 Å². The summed E-state index contributed by atoms with van der Waals surface area (Å²) in [7, 11) is 0.273. The van der Waals surface area contributed by atoms with Gasteiger partial charge in [0.25, 0.3) is 0 Å². The molecule has 25 heavy (non-hydrogen) atoms. The molecule has 6 heteroatoms. The highest BCUT2D eigenvalue weighted by atomic mass is 28.3. The van der Waals surface area contributed by atoms with E-state index in [1.54, 1.807) is 7.11 Å². The molecule has 0 aromatic carbocycles. The molecular formula is C19H37NO4Si. The van der Waals surface area contributed by atoms with Crippen LogP contribution in [0.15, 0.2) is 11.6 Å². The van der Waals surface area contributed by atoms with Crippen LogP contribution in [0.3, 0.4) is 0 Å². The molecule has 0 bridgehead atoms. The Morgan fingerprint density at radius 1 is 1.28 bits per heavy atom. The van der Waals surface area contributed by atoms with Crippen molar-refractivity contribution in [1.29, 1.82) is 0 Å². The molecule has 0 aromatic rings. The Labute approximate surface area is 154 Å². The predicted molar refractivity (Wildman–Crippen MR) is 105 cm³/mol. The van der Waals surface area contributed by atoms with E-state index in [9.17, 15) is 9.90 Å². The zero-order valence-corrected chi connectivity index (χ0v) is 18.3. The number of carbonyl (C=O) groups is 1. The lowest BCUT2D eigenvalue weighted by Crippen LogP contribution is -2.52. The monoisotopic (exact) mass is 371 g/mol. The third-order valence-electron chi connectivity index (χ3n) is 4.49. The molecule has 0 saturated carbocycles. The van der Waals surface area contributed by atoms with Crippen LogP contribution in [-0.4, -0.2) is 50.2 Å². The molecule has 0 aliphatic heterocycles. The number of methoxy groups -OCH3 is 1. The number of alkyl carbamates (subject to hydrolysis) is 1. The number of hydrogen-bond acceptors (Lipinski definition) is 4. The van der Waals surface area contributed by atoms with Crippen molar-refractivity contribution in [3.8, 4) is 0 Å². The van der Waals surface area contributed by atoms with Crippen LogP contribution in [0.1, 0.15) is 34.6 Å². The van der Waals surface area contributed by atoms with Crippen molar-refractivity contribution in [3.63, 3.8) is 0 Å². The number of aliphatic hydroxyl groups excluding tert-OH is 1. The molecule has 1 amide bonds. The van der Waals surface area contributed by atoms with Crippen molar-refractivity contribution in [1.82, 2.24) is 5.32 Å². The highest BCUT2D eigenvalue weighted by molar-refractivity contribution is 6.76. The molecule has 0 spiro atoms. The largest absolute Gasteiger partial charge is 0.444 e. The molecule has 5 atom stereocenters. The minimum absolute atomic E-state index is 0.0436. The summed E-state index contributed by atoms with van der Waals surface area (Å²) in [6.07, 6.45) is 0.843. The summed E-state index contributed by atoms with van der Waals surface area (Å²) in [5.41, 5.74) is 0.438. The van der Waals surface area contributed by atoms with Gasteiger partial charge in [0.1, 0.15) is 5.60 Å². The summed E-state index contributed by atoms with van der Waals surface area (Å²) in [4.78, 5) is 12.3. The smallest absolute Gasteiger partial charge is 0.407 e. The summed E-state index contributed by atoms with van der Waals surface area (Å²) < 4.78 is 11.1. The third-order valence-corrected chi connectivity index (χ3v) is 5.96. The Balaban J connectivity index is 3.11. The number of amides is 1. The Bertz CT molecular complexity index is 493. The van der Waals surface area contributed by atoms with Gasteiger partial charge in [0.15, 0.2) is 0 Å². The van der Waals surface area contributed by atoms with Gasteiger partial charge < -0.3 is 19.9 Å². The Morgan fingerprint density at radius 2 is 1.84 bits per heavy atom. The normalized spacial score (nSPS) is 31.1. The first-order chi connectivity index (χ1) is 11.2. The van der Waals surface area contributed by atoms with Gasteiger partial charge in [0, 0.05) is 27.0 Å². The van der Waals surface area contributed by atoms with Crippen molar-refractivity contribution in [2.45, 2.75) is 84.2 Å². The first-order valence-corrected chi connectivity index (χ1v) is 12.9. The highest BCUT2D eigenvalue weighted by Gasteiger charge is 2.40. The van der Waals surface area contributed by atoms with Gasteiger partial charge in [-0.2, -0.15) is 0 Å². The quantitative estimate of drug-likeness (QED) is 0.582. The molecule has 2 N–H and O–H groups in total. The standard InChI is InChI=1S/C19H37NO4Si/c1-12-10-14(11-25(7,8)9)16(21)15(13(2)17(12)23-6)20-18(22)24-19(3,4)5/h10,12-13,15-17,21H,11H2,1-9H3,(H,20,22)/t12?,13?,15-,16+,17+/m1/s1. The summed E-state index contributed by atoms with van der Waals surface area (Å²) in [5.74, 6) is 0.129. The van der Waals surface area contributed by atoms with E-state index in [2.05, 4.69) is 38.0 Å². The van der Waals surface area contributed by atoms with Crippen LogP contribution in [0.25, 0.3) is 0 Å². The molecule has 0 fully saturated rings. The maximum absolute atomic E-state index is 12.3. The van der Waals surface area contributed by atoms with E-state index in [1.807, 2.05) is 27.7 Å². The van der Waals surface area contributed by atoms with E-state index in [1.165, 1.54) is 0 Å². The Kier molecular flexibility index (Phi) is 7.30. The number of nitrogens with one attached hydrogen (secondary N) is 1. The number of ether oxygens (including phenoxy) is 2. The maximum Gasteiger partial charge on any atom is 0.407 e. The fourth-order valence-electron chi connectivity index (χ4n) is 3.59. The van der Waals surface area contributed by atoms with Gasteiger partial charge in [0.05, 0.1) is 18.2 Å². The first-order valence-electron chi connectivity index (χ1n) is 9.16. The SMILES string of the molecule is CO[C@H]1C(C)C=C(C[Si](C)(C)C)[C@H](O)[C@H](NC(=O)OC(C)(C)C)C1C. The van der Waals surface area contributed by atoms with Crippen molar-refractivity contribution < 1.29 is 19.4 Å². The second kappa shape index (κ2) is 8.23. The van der Waals surface area contributed by atoms with Crippen LogP contribution in [0.5, 0.6) is 0 Å². The third kappa shape index (κ3) is 6.75. The summed E-state index contributed by atoms with van der Waals surface area (Å²) in [6.45, 7) is 16.5. The number of hydrogen-bond donors (Lipinski definition) is 2. The molecule has 146 valence electrons. The maximum atomic E-state index is 12.3. The topological polar surface area (TPSA) is 67.8 Å². The highest BCUT2D eigenvalue weighted by Crippen LogP contribution is 2.33. The molecular weight excluding hydrogens is 334 g/mol. The number of aliphatic hydroxyl groups is 1. The average molecular weight is 372 g/mol. The van der Waals surface area contributed by atoms with Gasteiger partial charge in [-0.05, 0) is 32.4 Å².